The van der Waals surface area contributed by atoms with E-state index in [0.717, 1.165) is 23.3 Å². The van der Waals surface area contributed by atoms with E-state index in [1.54, 1.807) is 0 Å². The Morgan fingerprint density at radius 1 is 1.22 bits per heavy atom. The lowest BCUT2D eigenvalue weighted by Gasteiger charge is -2.30. The molecule has 0 radical (unpaired) electrons. The maximum Gasteiger partial charge on any atom is 0.310 e. The zero-order valence-electron chi connectivity index (χ0n) is 15.1. The van der Waals surface area contributed by atoms with E-state index in [0.29, 0.717) is 19.4 Å². The Balaban J connectivity index is 1.64. The van der Waals surface area contributed by atoms with Crippen LogP contribution in [0.4, 0.5) is 4.39 Å². The largest absolute Gasteiger partial charge is 0.461 e. The van der Waals surface area contributed by atoms with Gasteiger partial charge in [-0.1, -0.05) is 29.8 Å². The summed E-state index contributed by atoms with van der Waals surface area (Å²) in [7, 11) is -3.76. The van der Waals surface area contributed by atoms with E-state index in [2.05, 4.69) is 0 Å². The highest BCUT2D eigenvalue weighted by molar-refractivity contribution is 7.89. The third-order valence-corrected chi connectivity index (χ3v) is 6.51. The molecule has 0 spiro atoms. The molecule has 5 nitrogen and oxygen atoms in total. The van der Waals surface area contributed by atoms with Crippen molar-refractivity contribution in [2.45, 2.75) is 31.3 Å². The summed E-state index contributed by atoms with van der Waals surface area (Å²) in [5.41, 5.74) is 1.98. The highest BCUT2D eigenvalue weighted by Crippen LogP contribution is 2.25. The Kier molecular flexibility index (Phi) is 5.92. The second kappa shape index (κ2) is 8.19. The number of carbonyl (C=O) groups excluding carboxylic acids is 1. The van der Waals surface area contributed by atoms with Crippen LogP contribution in [0.2, 0.25) is 0 Å². The highest BCUT2D eigenvalue weighted by Gasteiger charge is 2.34. The summed E-state index contributed by atoms with van der Waals surface area (Å²) in [4.78, 5) is 12.4. The van der Waals surface area contributed by atoms with Gasteiger partial charge in [-0.15, -0.1) is 0 Å². The van der Waals surface area contributed by atoms with Gasteiger partial charge < -0.3 is 4.74 Å². The summed E-state index contributed by atoms with van der Waals surface area (Å²) in [6.45, 7) is 2.54. The number of benzene rings is 2. The zero-order valence-corrected chi connectivity index (χ0v) is 15.9. The Hall–Kier alpha value is -2.25. The van der Waals surface area contributed by atoms with Crippen LogP contribution in [0.1, 0.15) is 24.0 Å². The molecular formula is C20H22FNO4S. The van der Waals surface area contributed by atoms with Crippen LogP contribution in [0.15, 0.2) is 53.4 Å². The summed E-state index contributed by atoms with van der Waals surface area (Å²) in [6.07, 6.45) is 1.16. The lowest BCUT2D eigenvalue weighted by molar-refractivity contribution is -0.151. The van der Waals surface area contributed by atoms with E-state index in [1.807, 2.05) is 31.2 Å². The number of nitrogens with zero attached hydrogens (tertiary/aromatic N) is 1. The predicted octanol–water partition coefficient (Wildman–Crippen LogP) is 3.28. The van der Waals surface area contributed by atoms with Crippen LogP contribution in [0.3, 0.4) is 0 Å². The van der Waals surface area contributed by atoms with Gasteiger partial charge in [-0.3, -0.25) is 4.79 Å². The summed E-state index contributed by atoms with van der Waals surface area (Å²) >= 11 is 0. The van der Waals surface area contributed by atoms with Gasteiger partial charge in [0, 0.05) is 13.1 Å². The van der Waals surface area contributed by atoms with Crippen molar-refractivity contribution in [1.29, 1.82) is 0 Å². The van der Waals surface area contributed by atoms with Crippen LogP contribution in [-0.2, 0) is 26.2 Å². The molecule has 0 N–H and O–H groups in total. The van der Waals surface area contributed by atoms with Crippen LogP contribution < -0.4 is 0 Å². The maximum absolute atomic E-state index is 13.1. The minimum absolute atomic E-state index is 0.0256. The van der Waals surface area contributed by atoms with E-state index >= 15 is 0 Å². The number of piperidine rings is 1. The molecule has 1 aliphatic heterocycles. The van der Waals surface area contributed by atoms with Crippen molar-refractivity contribution in [3.8, 4) is 0 Å². The first-order chi connectivity index (χ1) is 12.9. The molecule has 3 rings (SSSR count). The Labute approximate surface area is 158 Å². The molecule has 0 aliphatic carbocycles. The Morgan fingerprint density at radius 2 is 1.96 bits per heavy atom. The van der Waals surface area contributed by atoms with Gasteiger partial charge in [0.15, 0.2) is 0 Å². The van der Waals surface area contributed by atoms with Crippen molar-refractivity contribution in [2.75, 3.05) is 13.1 Å². The fourth-order valence-electron chi connectivity index (χ4n) is 3.18. The molecule has 0 saturated carbocycles. The molecule has 1 unspecified atom stereocenters. The first kappa shape index (κ1) is 19.5. The van der Waals surface area contributed by atoms with Crippen LogP contribution in [0.25, 0.3) is 0 Å². The van der Waals surface area contributed by atoms with Crippen molar-refractivity contribution in [3.63, 3.8) is 0 Å². The number of ether oxygens (including phenoxy) is 1. The quantitative estimate of drug-likeness (QED) is 0.734. The number of rotatable bonds is 5. The fraction of sp³-hybridized carbons (Fsp3) is 0.350. The third-order valence-electron chi connectivity index (χ3n) is 4.63. The van der Waals surface area contributed by atoms with Gasteiger partial charge in [0.05, 0.1) is 10.8 Å². The van der Waals surface area contributed by atoms with Crippen molar-refractivity contribution in [1.82, 2.24) is 4.31 Å². The van der Waals surface area contributed by atoms with E-state index in [4.69, 9.17) is 4.74 Å². The van der Waals surface area contributed by atoms with Crippen LogP contribution in [0, 0.1) is 18.7 Å². The smallest absolute Gasteiger partial charge is 0.310 e. The van der Waals surface area contributed by atoms with E-state index in [9.17, 15) is 17.6 Å². The molecule has 2 aromatic rings. The van der Waals surface area contributed by atoms with Crippen LogP contribution in [-0.4, -0.2) is 31.8 Å². The topological polar surface area (TPSA) is 63.7 Å². The monoisotopic (exact) mass is 391 g/mol. The van der Waals surface area contributed by atoms with E-state index < -0.39 is 27.7 Å². The lowest BCUT2D eigenvalue weighted by Crippen LogP contribution is -2.42. The van der Waals surface area contributed by atoms with Crippen LogP contribution >= 0.6 is 0 Å². The van der Waals surface area contributed by atoms with Gasteiger partial charge in [-0.2, -0.15) is 4.31 Å². The van der Waals surface area contributed by atoms with Gasteiger partial charge in [0.25, 0.3) is 0 Å². The number of sulfonamides is 1. The van der Waals surface area contributed by atoms with Gasteiger partial charge in [-0.05, 0) is 49.6 Å². The first-order valence-corrected chi connectivity index (χ1v) is 10.3. The third kappa shape index (κ3) is 4.73. The highest BCUT2D eigenvalue weighted by atomic mass is 32.2. The summed E-state index contributed by atoms with van der Waals surface area (Å²) in [5, 5.41) is 0. The van der Waals surface area contributed by atoms with Crippen LogP contribution in [0.5, 0.6) is 0 Å². The average Bonchev–Trinajstić information content (AvgIpc) is 2.66. The molecule has 1 fully saturated rings. The van der Waals surface area contributed by atoms with Crippen molar-refractivity contribution in [3.05, 3.63) is 65.5 Å². The van der Waals surface area contributed by atoms with E-state index in [1.165, 1.54) is 16.4 Å². The molecule has 0 bridgehead atoms. The first-order valence-electron chi connectivity index (χ1n) is 8.84. The molecule has 27 heavy (non-hydrogen) atoms. The molecular weight excluding hydrogens is 369 g/mol. The number of esters is 1. The lowest BCUT2D eigenvalue weighted by atomic mass is 10.00. The summed E-state index contributed by atoms with van der Waals surface area (Å²) in [5.74, 6) is -1.39. The molecule has 7 heteroatoms. The van der Waals surface area contributed by atoms with E-state index in [-0.39, 0.29) is 18.0 Å². The second-order valence-corrected chi connectivity index (χ2v) is 8.69. The number of hydrogen-bond donors (Lipinski definition) is 0. The van der Waals surface area contributed by atoms with Gasteiger partial charge in [0.1, 0.15) is 12.4 Å². The van der Waals surface area contributed by atoms with Gasteiger partial charge in [0.2, 0.25) is 10.0 Å². The molecule has 144 valence electrons. The number of halogens is 1. The molecule has 2 aromatic carbocycles. The molecule has 1 aliphatic rings. The predicted molar refractivity (Wildman–Crippen MR) is 98.9 cm³/mol. The number of hydrogen-bond acceptors (Lipinski definition) is 4. The number of aryl methyl sites for hydroxylation is 1. The molecule has 1 atom stereocenters. The van der Waals surface area contributed by atoms with Gasteiger partial charge in [-0.25, -0.2) is 12.8 Å². The van der Waals surface area contributed by atoms with Crippen molar-refractivity contribution in [2.24, 2.45) is 5.92 Å². The molecule has 1 saturated heterocycles. The minimum atomic E-state index is -3.76. The summed E-state index contributed by atoms with van der Waals surface area (Å²) in [6, 6.07) is 12.4. The normalized spacial score (nSPS) is 18.2. The molecule has 0 amide bonds. The Bertz CT molecular complexity index is 912. The molecule has 1 heterocycles. The number of carbonyl (C=O) groups is 1. The standard InChI is InChI=1S/C20H22FNO4S/c1-15-4-2-5-16(12-15)14-26-20(23)17-6-3-11-22(13-17)27(24,25)19-9-7-18(21)8-10-19/h2,4-5,7-10,12,17H,3,6,11,13-14H2,1H3. The van der Waals surface area contributed by atoms with Gasteiger partial charge >= 0.3 is 5.97 Å². The fourth-order valence-corrected chi connectivity index (χ4v) is 4.71. The SMILES string of the molecule is Cc1cccc(COC(=O)C2CCCN(S(=O)(=O)c3ccc(F)cc3)C2)c1. The zero-order chi connectivity index (χ0) is 19.4. The summed E-state index contributed by atoms with van der Waals surface area (Å²) < 4.78 is 45.2. The maximum atomic E-state index is 13.1. The second-order valence-electron chi connectivity index (χ2n) is 6.75. The Morgan fingerprint density at radius 3 is 2.67 bits per heavy atom. The minimum Gasteiger partial charge on any atom is -0.461 e. The van der Waals surface area contributed by atoms with Crippen molar-refractivity contribution < 1.29 is 22.3 Å². The average molecular weight is 391 g/mol. The van der Waals surface area contributed by atoms with Crippen molar-refractivity contribution >= 4 is 16.0 Å². The molecule has 0 aromatic heterocycles.